The van der Waals surface area contributed by atoms with Gasteiger partial charge in [-0.15, -0.1) is 0 Å². The summed E-state index contributed by atoms with van der Waals surface area (Å²) in [5, 5.41) is 37.6. The molecule has 1 saturated heterocycles. The Bertz CT molecular complexity index is 2580. The van der Waals surface area contributed by atoms with Gasteiger partial charge in [-0.2, -0.15) is 0 Å². The topological polar surface area (TPSA) is 185 Å². The number of piperidine rings is 1. The number of fused-ring (bicyclic) bond motifs is 2. The van der Waals surface area contributed by atoms with Crippen molar-refractivity contribution in [2.75, 3.05) is 23.3 Å². The molecule has 2 aliphatic rings. The molecule has 4 atom stereocenters. The summed E-state index contributed by atoms with van der Waals surface area (Å²) in [6, 6.07) is 3.37. The number of esters is 1. The third-order valence-corrected chi connectivity index (χ3v) is 11.5. The van der Waals surface area contributed by atoms with Gasteiger partial charge in [0.1, 0.15) is 34.2 Å². The van der Waals surface area contributed by atoms with Gasteiger partial charge in [0.05, 0.1) is 17.0 Å². The van der Waals surface area contributed by atoms with Crippen LogP contribution in [0.25, 0.3) is 43.9 Å². The number of ether oxygens (including phenoxy) is 2. The van der Waals surface area contributed by atoms with Gasteiger partial charge < -0.3 is 43.8 Å². The minimum Gasteiger partial charge on any atom is -0.505 e. The first-order chi connectivity index (χ1) is 27.7. The van der Waals surface area contributed by atoms with Crippen molar-refractivity contribution in [3.05, 3.63) is 64.1 Å². The van der Waals surface area contributed by atoms with E-state index in [4.69, 9.17) is 23.3 Å². The van der Waals surface area contributed by atoms with E-state index < -0.39 is 22.8 Å². The predicted molar refractivity (Wildman–Crippen MR) is 224 cm³/mol. The second kappa shape index (κ2) is 16.5. The summed E-state index contributed by atoms with van der Waals surface area (Å²) in [5.41, 5.74) is 0.374. The third-order valence-electron chi connectivity index (χ3n) is 11.5. The molecule has 306 valence electrons. The molecule has 1 amide bonds. The van der Waals surface area contributed by atoms with Crippen LogP contribution in [-0.4, -0.2) is 51.4 Å². The lowest BCUT2D eigenvalue weighted by molar-refractivity contribution is -0.152. The first kappa shape index (κ1) is 40.2. The number of amides is 1. The average Bonchev–Trinajstić information content (AvgIpc) is 3.52. The highest BCUT2D eigenvalue weighted by atomic mass is 16.6. The van der Waals surface area contributed by atoms with Crippen molar-refractivity contribution in [1.82, 2.24) is 4.98 Å². The number of aromatic hydroxyl groups is 3. The van der Waals surface area contributed by atoms with Crippen molar-refractivity contribution in [2.24, 2.45) is 17.8 Å². The van der Waals surface area contributed by atoms with Gasteiger partial charge in [-0.3, -0.25) is 14.4 Å². The van der Waals surface area contributed by atoms with Gasteiger partial charge in [-0.25, -0.2) is 4.98 Å². The fourth-order valence-corrected chi connectivity index (χ4v) is 8.28. The molecule has 58 heavy (non-hydrogen) atoms. The van der Waals surface area contributed by atoms with Gasteiger partial charge in [-0.1, -0.05) is 45.4 Å². The zero-order chi connectivity index (χ0) is 41.4. The number of hydrogen-bond acceptors (Lipinski definition) is 12. The Kier molecular flexibility index (Phi) is 11.4. The molecular formula is C45H51N3O10. The molecule has 2 aromatic heterocycles. The van der Waals surface area contributed by atoms with E-state index in [1.54, 1.807) is 31.2 Å². The molecule has 2 aliphatic heterocycles. The normalized spacial score (nSPS) is 22.5. The standard InChI is InChI=1S/C45H51N3O10/c1-23-13-10-15-24(2)41(56-28(6)49)25(3)17-12-20-55-45-40(53)34-32-33(38(51)27(5)42(34)58-45)39(52)37(47-44(54)26(4)16-11-14-23)43-36(32)46-35-30(50)21-29(22-31(35)57-43)48-18-8-7-9-19-48/h11-12,14,16,20-25,41,50,52-53H,7-10,13,15,17-19H2,1-6H3,(H,47,54)/b14-11?,20-12?,26-16-. The van der Waals surface area contributed by atoms with E-state index in [1.807, 2.05) is 19.1 Å². The number of rotatable bonds is 2. The van der Waals surface area contributed by atoms with Crippen molar-refractivity contribution in [2.45, 2.75) is 92.6 Å². The van der Waals surface area contributed by atoms with Crippen LogP contribution in [0.5, 0.6) is 23.2 Å². The highest BCUT2D eigenvalue weighted by Gasteiger charge is 2.31. The lowest BCUT2D eigenvalue weighted by atomic mass is 9.86. The van der Waals surface area contributed by atoms with Gasteiger partial charge in [0, 0.05) is 54.4 Å². The van der Waals surface area contributed by atoms with Crippen LogP contribution in [0.4, 0.5) is 11.4 Å². The van der Waals surface area contributed by atoms with Crippen LogP contribution in [0.3, 0.4) is 0 Å². The molecule has 13 heteroatoms. The molecule has 5 aromatic rings. The summed E-state index contributed by atoms with van der Waals surface area (Å²) in [7, 11) is 0. The average molecular weight is 794 g/mol. The van der Waals surface area contributed by atoms with Crippen molar-refractivity contribution in [1.29, 1.82) is 0 Å². The van der Waals surface area contributed by atoms with Crippen LogP contribution < -0.4 is 20.4 Å². The Morgan fingerprint density at radius 1 is 0.897 bits per heavy atom. The number of allylic oxidation sites excluding steroid dienone is 4. The van der Waals surface area contributed by atoms with Gasteiger partial charge in [0.15, 0.2) is 22.3 Å². The van der Waals surface area contributed by atoms with Crippen LogP contribution in [0.15, 0.2) is 61.9 Å². The van der Waals surface area contributed by atoms with E-state index >= 15 is 0 Å². The Labute approximate surface area is 335 Å². The predicted octanol–water partition coefficient (Wildman–Crippen LogP) is 9.40. The van der Waals surface area contributed by atoms with Crippen LogP contribution in [0.2, 0.25) is 0 Å². The smallest absolute Gasteiger partial charge is 0.334 e. The number of carbonyl (C=O) groups is 2. The maximum atomic E-state index is 14.2. The van der Waals surface area contributed by atoms with E-state index in [0.29, 0.717) is 12.0 Å². The maximum Gasteiger partial charge on any atom is 0.334 e. The first-order valence-corrected chi connectivity index (χ1v) is 20.1. The molecule has 13 nitrogen and oxygen atoms in total. The molecule has 1 fully saturated rings. The maximum absolute atomic E-state index is 14.2. The highest BCUT2D eigenvalue weighted by Crippen LogP contribution is 2.49. The molecular weight excluding hydrogens is 743 g/mol. The number of aromatic nitrogens is 1. The Hall–Kier alpha value is -5.98. The second-order valence-electron chi connectivity index (χ2n) is 16.0. The fourth-order valence-electron chi connectivity index (χ4n) is 8.28. The number of hydrogen-bond donors (Lipinski definition) is 4. The Balaban J connectivity index is 1.45. The number of phenolic OH excluding ortho intramolecular Hbond substituents is 2. The van der Waals surface area contributed by atoms with Gasteiger partial charge >= 0.3 is 11.9 Å². The van der Waals surface area contributed by atoms with Crippen molar-refractivity contribution >= 4 is 67.2 Å². The summed E-state index contributed by atoms with van der Waals surface area (Å²) in [5.74, 6) is -2.26. The van der Waals surface area contributed by atoms with Crippen molar-refractivity contribution in [3.8, 4) is 23.2 Å². The number of aryl methyl sites for hydroxylation is 1. The molecule has 3 aromatic carbocycles. The van der Waals surface area contributed by atoms with E-state index in [2.05, 4.69) is 24.1 Å². The molecule has 4 N–H and O–H groups in total. The molecule has 0 aliphatic carbocycles. The quantitative estimate of drug-likeness (QED) is 0.0575. The summed E-state index contributed by atoms with van der Waals surface area (Å²) in [4.78, 5) is 47.1. The molecule has 7 rings (SSSR count). The second-order valence-corrected chi connectivity index (χ2v) is 16.0. The number of benzene rings is 3. The molecule has 4 bridgehead atoms. The SMILES string of the molecule is CC(=O)OC1C(C)CC=COc2oc3c(C)c(=O)c4c(O)c(c5oc6cc(N7CCCCC7)cc(O)c6nc5c4c3c2O)NC(=O)/C(C)=C\C=CC(C)CCCC1C. The van der Waals surface area contributed by atoms with E-state index in [0.717, 1.165) is 57.3 Å². The summed E-state index contributed by atoms with van der Waals surface area (Å²) in [6.07, 6.45) is 14.5. The van der Waals surface area contributed by atoms with Crippen LogP contribution >= 0.6 is 0 Å². The van der Waals surface area contributed by atoms with Crippen LogP contribution in [-0.2, 0) is 14.3 Å². The minimum absolute atomic E-state index is 0.00937. The van der Waals surface area contributed by atoms with E-state index in [9.17, 15) is 29.7 Å². The number of phenols is 2. The molecule has 0 saturated carbocycles. The fraction of sp³-hybridized carbons (Fsp3) is 0.422. The molecule has 4 unspecified atom stereocenters. The molecule has 0 spiro atoms. The van der Waals surface area contributed by atoms with Gasteiger partial charge in [-0.05, 0) is 76.2 Å². The van der Waals surface area contributed by atoms with Crippen LogP contribution in [0.1, 0.15) is 85.1 Å². The first-order valence-electron chi connectivity index (χ1n) is 20.1. The van der Waals surface area contributed by atoms with Crippen LogP contribution in [0, 0.1) is 24.7 Å². The largest absolute Gasteiger partial charge is 0.505 e. The van der Waals surface area contributed by atoms with Gasteiger partial charge in [0.2, 0.25) is 5.75 Å². The summed E-state index contributed by atoms with van der Waals surface area (Å²) < 4.78 is 24.1. The third kappa shape index (κ3) is 7.69. The number of nitrogens with one attached hydrogen (secondary N) is 1. The monoisotopic (exact) mass is 793 g/mol. The van der Waals surface area contributed by atoms with E-state index in [1.165, 1.54) is 20.1 Å². The highest BCUT2D eigenvalue weighted by molar-refractivity contribution is 6.26. The number of nitrogens with zero attached hydrogens (tertiary/aromatic N) is 2. The zero-order valence-electron chi connectivity index (χ0n) is 33.8. The van der Waals surface area contributed by atoms with E-state index in [-0.39, 0.29) is 96.7 Å². The van der Waals surface area contributed by atoms with Gasteiger partial charge in [0.25, 0.3) is 5.91 Å². The minimum atomic E-state index is -0.644. The van der Waals surface area contributed by atoms with Crippen molar-refractivity contribution in [3.63, 3.8) is 0 Å². The zero-order valence-corrected chi connectivity index (χ0v) is 33.8. The molecule has 0 radical (unpaired) electrons. The number of furan rings is 1. The summed E-state index contributed by atoms with van der Waals surface area (Å²) >= 11 is 0. The number of carbonyl (C=O) groups excluding carboxylic acids is 2. The number of anilines is 2. The Morgan fingerprint density at radius 2 is 1.66 bits per heavy atom. The summed E-state index contributed by atoms with van der Waals surface area (Å²) in [6.45, 7) is 12.3. The lowest BCUT2D eigenvalue weighted by Crippen LogP contribution is -2.31. The Morgan fingerprint density at radius 3 is 2.40 bits per heavy atom. The lowest BCUT2D eigenvalue weighted by Gasteiger charge is -2.29. The van der Waals surface area contributed by atoms with Crippen molar-refractivity contribution < 1.29 is 43.2 Å². The molecule has 4 heterocycles.